The number of benzene rings is 1. The lowest BCUT2D eigenvalue weighted by molar-refractivity contribution is 0.0600. The fourth-order valence-electron chi connectivity index (χ4n) is 1.16. The van der Waals surface area contributed by atoms with Crippen molar-refractivity contribution in [2.24, 2.45) is 16.5 Å². The number of carbonyl (C=O) groups excluding carboxylic acids is 1. The van der Waals surface area contributed by atoms with Gasteiger partial charge in [-0.1, -0.05) is 23.9 Å². The van der Waals surface area contributed by atoms with Gasteiger partial charge in [0.25, 0.3) is 0 Å². The Morgan fingerprint density at radius 2 is 2.00 bits per heavy atom. The first-order valence-electron chi connectivity index (χ1n) is 5.01. The molecule has 1 aromatic carbocycles. The van der Waals surface area contributed by atoms with Crippen molar-refractivity contribution in [3.63, 3.8) is 0 Å². The molecule has 96 valence electrons. The van der Waals surface area contributed by atoms with Crippen molar-refractivity contribution in [2.45, 2.75) is 5.75 Å². The fraction of sp³-hybridized carbons (Fsp3) is 0.182. The van der Waals surface area contributed by atoms with E-state index in [0.717, 1.165) is 5.56 Å². The number of methoxy groups -OCH3 is 1. The molecule has 0 spiro atoms. The molecular formula is C11H14N4O2S. The molecule has 1 rings (SSSR count). The Morgan fingerprint density at radius 1 is 1.39 bits per heavy atom. The molecule has 0 saturated carbocycles. The van der Waals surface area contributed by atoms with Crippen LogP contribution in [0.3, 0.4) is 0 Å². The Labute approximate surface area is 109 Å². The van der Waals surface area contributed by atoms with Crippen molar-refractivity contribution in [1.29, 1.82) is 5.41 Å². The van der Waals surface area contributed by atoms with Gasteiger partial charge in [0, 0.05) is 5.75 Å². The topological polar surface area (TPSA) is 115 Å². The molecule has 0 radical (unpaired) electrons. The lowest BCUT2D eigenvalue weighted by Crippen LogP contribution is -2.23. The Kier molecular flexibility index (Phi) is 5.19. The van der Waals surface area contributed by atoms with Crippen LogP contribution in [0.5, 0.6) is 0 Å². The zero-order chi connectivity index (χ0) is 13.5. The number of rotatable bonds is 3. The van der Waals surface area contributed by atoms with E-state index in [2.05, 4.69) is 9.73 Å². The van der Waals surface area contributed by atoms with Crippen LogP contribution in [0.25, 0.3) is 0 Å². The maximum absolute atomic E-state index is 11.2. The van der Waals surface area contributed by atoms with Gasteiger partial charge in [0.15, 0.2) is 11.1 Å². The van der Waals surface area contributed by atoms with E-state index in [1.54, 1.807) is 24.3 Å². The van der Waals surface area contributed by atoms with Crippen molar-refractivity contribution < 1.29 is 9.53 Å². The Hall–Kier alpha value is -2.02. The highest BCUT2D eigenvalue weighted by atomic mass is 32.2. The van der Waals surface area contributed by atoms with Crippen LogP contribution in [0.15, 0.2) is 29.3 Å². The van der Waals surface area contributed by atoms with Crippen LogP contribution in [0.2, 0.25) is 0 Å². The number of nitrogens with one attached hydrogen (secondary N) is 1. The van der Waals surface area contributed by atoms with Gasteiger partial charge in [0.05, 0.1) is 12.7 Å². The van der Waals surface area contributed by atoms with Crippen LogP contribution in [0.4, 0.5) is 0 Å². The van der Waals surface area contributed by atoms with Crippen LogP contribution >= 0.6 is 11.8 Å². The van der Waals surface area contributed by atoms with Gasteiger partial charge < -0.3 is 16.2 Å². The third-order valence-electron chi connectivity index (χ3n) is 1.98. The van der Waals surface area contributed by atoms with E-state index in [4.69, 9.17) is 16.9 Å². The summed E-state index contributed by atoms with van der Waals surface area (Å²) in [6.07, 6.45) is 0. The molecule has 0 aliphatic heterocycles. The predicted molar refractivity (Wildman–Crippen MR) is 72.6 cm³/mol. The lowest BCUT2D eigenvalue weighted by Gasteiger charge is -2.02. The summed E-state index contributed by atoms with van der Waals surface area (Å²) in [4.78, 5) is 14.8. The highest BCUT2D eigenvalue weighted by Crippen LogP contribution is 2.14. The normalized spacial score (nSPS) is 9.61. The number of aliphatic imine (C=N–C) groups is 1. The van der Waals surface area contributed by atoms with E-state index in [-0.39, 0.29) is 17.1 Å². The van der Waals surface area contributed by atoms with Gasteiger partial charge in [0.2, 0.25) is 0 Å². The molecule has 5 N–H and O–H groups in total. The summed E-state index contributed by atoms with van der Waals surface area (Å²) in [7, 11) is 1.34. The lowest BCUT2D eigenvalue weighted by atomic mass is 10.1. The van der Waals surface area contributed by atoms with E-state index in [1.165, 1.54) is 18.9 Å². The van der Waals surface area contributed by atoms with E-state index in [1.807, 2.05) is 0 Å². The molecule has 0 amide bonds. The van der Waals surface area contributed by atoms with Crippen molar-refractivity contribution in [1.82, 2.24) is 0 Å². The number of thioether (sulfide) groups is 1. The third-order valence-corrected chi connectivity index (χ3v) is 2.82. The van der Waals surface area contributed by atoms with Crippen LogP contribution in [0.1, 0.15) is 15.9 Å². The molecule has 0 aliphatic rings. The molecule has 0 bridgehead atoms. The Bertz CT molecular complexity index is 466. The molecule has 0 heterocycles. The van der Waals surface area contributed by atoms with Crippen LogP contribution in [-0.2, 0) is 10.5 Å². The number of guanidine groups is 1. The summed E-state index contributed by atoms with van der Waals surface area (Å²) in [6.45, 7) is 0. The number of nitrogens with two attached hydrogens (primary N) is 2. The highest BCUT2D eigenvalue weighted by molar-refractivity contribution is 8.13. The quantitative estimate of drug-likeness (QED) is 0.427. The van der Waals surface area contributed by atoms with Gasteiger partial charge >= 0.3 is 5.97 Å². The number of amidine groups is 1. The van der Waals surface area contributed by atoms with E-state index >= 15 is 0 Å². The van der Waals surface area contributed by atoms with Crippen molar-refractivity contribution in [3.8, 4) is 0 Å². The molecule has 6 nitrogen and oxygen atoms in total. The summed E-state index contributed by atoms with van der Waals surface area (Å²) >= 11 is 1.20. The molecule has 0 atom stereocenters. The SMILES string of the molecule is COC(=O)c1ccc(CSC(=N)N=C(N)N)cc1. The monoisotopic (exact) mass is 266 g/mol. The smallest absolute Gasteiger partial charge is 0.337 e. The average Bonchev–Trinajstić information content (AvgIpc) is 2.35. The zero-order valence-corrected chi connectivity index (χ0v) is 10.7. The van der Waals surface area contributed by atoms with Gasteiger partial charge in [-0.25, -0.2) is 4.79 Å². The van der Waals surface area contributed by atoms with Crippen molar-refractivity contribution in [2.75, 3.05) is 7.11 Å². The molecule has 0 aromatic heterocycles. The number of hydrogen-bond acceptors (Lipinski definition) is 4. The van der Waals surface area contributed by atoms with Crippen LogP contribution < -0.4 is 11.5 Å². The Morgan fingerprint density at radius 3 is 2.50 bits per heavy atom. The molecule has 7 heteroatoms. The number of carbonyl (C=O) groups is 1. The predicted octanol–water partition coefficient (Wildman–Crippen LogP) is 0.915. The fourth-order valence-corrected chi connectivity index (χ4v) is 1.82. The van der Waals surface area contributed by atoms with Gasteiger partial charge in [-0.15, -0.1) is 0 Å². The minimum Gasteiger partial charge on any atom is -0.465 e. The second-order valence-electron chi connectivity index (χ2n) is 3.32. The minimum atomic E-state index is -0.373. The van der Waals surface area contributed by atoms with E-state index in [0.29, 0.717) is 11.3 Å². The standard InChI is InChI=1S/C11H14N4O2S/c1-17-9(16)8-4-2-7(3-5-8)6-18-11(14)15-10(12)13/h2-5H,6H2,1H3,(H5,12,13,14,15). The van der Waals surface area contributed by atoms with Gasteiger partial charge in [0.1, 0.15) is 0 Å². The second-order valence-corrected chi connectivity index (χ2v) is 4.28. The summed E-state index contributed by atoms with van der Waals surface area (Å²) < 4.78 is 4.59. The van der Waals surface area contributed by atoms with Gasteiger partial charge in [-0.05, 0) is 17.7 Å². The molecule has 0 unspecified atom stereocenters. The minimum absolute atomic E-state index is 0.0482. The average molecular weight is 266 g/mol. The maximum Gasteiger partial charge on any atom is 0.337 e. The number of esters is 1. The largest absolute Gasteiger partial charge is 0.465 e. The number of hydrogen-bond donors (Lipinski definition) is 3. The number of nitrogens with zero attached hydrogens (tertiary/aromatic N) is 1. The second kappa shape index (κ2) is 6.65. The summed E-state index contributed by atoms with van der Waals surface area (Å²) in [5, 5.41) is 7.50. The summed E-state index contributed by atoms with van der Waals surface area (Å²) in [6, 6.07) is 6.93. The Balaban J connectivity index is 2.57. The zero-order valence-electron chi connectivity index (χ0n) is 9.84. The first-order valence-corrected chi connectivity index (χ1v) is 5.99. The first kappa shape index (κ1) is 14.0. The first-order chi connectivity index (χ1) is 8.52. The number of ether oxygens (including phenoxy) is 1. The molecule has 0 aliphatic carbocycles. The van der Waals surface area contributed by atoms with Gasteiger partial charge in [-0.3, -0.25) is 5.41 Å². The van der Waals surface area contributed by atoms with Crippen LogP contribution in [0, 0.1) is 5.41 Å². The molecule has 0 fully saturated rings. The highest BCUT2D eigenvalue weighted by Gasteiger charge is 2.04. The van der Waals surface area contributed by atoms with Gasteiger partial charge in [-0.2, -0.15) is 4.99 Å². The molecule has 1 aromatic rings. The molecule has 0 saturated heterocycles. The maximum atomic E-state index is 11.2. The molecular weight excluding hydrogens is 252 g/mol. The van der Waals surface area contributed by atoms with E-state index in [9.17, 15) is 4.79 Å². The summed E-state index contributed by atoms with van der Waals surface area (Å²) in [5.74, 6) is 0.0489. The van der Waals surface area contributed by atoms with Crippen LogP contribution in [-0.4, -0.2) is 24.2 Å². The molecule has 18 heavy (non-hydrogen) atoms. The summed E-state index contributed by atoms with van der Waals surface area (Å²) in [5.41, 5.74) is 11.8. The van der Waals surface area contributed by atoms with Crippen molar-refractivity contribution in [3.05, 3.63) is 35.4 Å². The van der Waals surface area contributed by atoms with Crippen molar-refractivity contribution >= 4 is 28.9 Å². The van der Waals surface area contributed by atoms with E-state index < -0.39 is 0 Å². The third kappa shape index (κ3) is 4.46.